The number of ether oxygens (including phenoxy) is 1. The van der Waals surface area contributed by atoms with Crippen LogP contribution in [0.15, 0.2) is 268 Å². The molecule has 0 amide bonds. The maximum Gasteiger partial charge on any atom is 0.122 e. The molecule has 0 N–H and O–H groups in total. The zero-order chi connectivity index (χ0) is 54.2. The molecule has 0 saturated heterocycles. The van der Waals surface area contributed by atoms with E-state index in [1.165, 1.54) is 83.0 Å². The number of hydrogen-bond acceptors (Lipinski definition) is 2. The Bertz CT molecular complexity index is 4230. The van der Waals surface area contributed by atoms with Gasteiger partial charge in [-0.25, -0.2) is 0 Å². The van der Waals surface area contributed by atoms with Gasteiger partial charge in [0.1, 0.15) is 5.75 Å². The second kappa shape index (κ2) is 21.3. The molecule has 13 rings (SSSR count). The van der Waals surface area contributed by atoms with Crippen molar-refractivity contribution in [3.8, 4) is 55.9 Å². The quantitative estimate of drug-likeness (QED) is 0.0898. The molecule has 1 unspecified atom stereocenters. The van der Waals surface area contributed by atoms with Crippen molar-refractivity contribution in [2.75, 3.05) is 11.5 Å². The summed E-state index contributed by atoms with van der Waals surface area (Å²) in [6.07, 6.45) is 6.61. The highest BCUT2D eigenvalue weighted by molar-refractivity contribution is 6.11. The first-order chi connectivity index (χ1) is 39.4. The van der Waals surface area contributed by atoms with Gasteiger partial charge in [0.25, 0.3) is 0 Å². The van der Waals surface area contributed by atoms with Crippen molar-refractivity contribution in [3.05, 3.63) is 307 Å². The third kappa shape index (κ3) is 9.01. The summed E-state index contributed by atoms with van der Waals surface area (Å²) in [5.74, 6) is 0.955. The molecule has 0 aliphatic heterocycles. The molecule has 12 aromatic rings. The summed E-state index contributed by atoms with van der Waals surface area (Å²) in [5, 5.41) is 2.44. The van der Waals surface area contributed by atoms with Crippen molar-refractivity contribution in [3.63, 3.8) is 0 Å². The van der Waals surface area contributed by atoms with Crippen molar-refractivity contribution < 1.29 is 4.74 Å². The Kier molecular flexibility index (Phi) is 13.2. The summed E-state index contributed by atoms with van der Waals surface area (Å²) in [7, 11) is 0. The van der Waals surface area contributed by atoms with Crippen LogP contribution in [0.2, 0.25) is 0 Å². The second-order valence-electron chi connectivity index (χ2n) is 21.3. The number of aryl methyl sites for hydroxylation is 2. The highest BCUT2D eigenvalue weighted by Gasteiger charge is 2.44. The van der Waals surface area contributed by atoms with E-state index in [9.17, 15) is 0 Å². The highest BCUT2D eigenvalue weighted by Crippen LogP contribution is 2.56. The van der Waals surface area contributed by atoms with Crippen LogP contribution in [0, 0.1) is 13.8 Å². The van der Waals surface area contributed by atoms with Crippen molar-refractivity contribution in [1.29, 1.82) is 0 Å². The lowest BCUT2D eigenvalue weighted by Crippen LogP contribution is -2.27. The van der Waals surface area contributed by atoms with Gasteiger partial charge in [0, 0.05) is 38.9 Å². The van der Waals surface area contributed by atoms with Crippen LogP contribution in [0.25, 0.3) is 84.2 Å². The standard InChI is InChI=1S/C77H62N2O/c1-5-55-28-32-57(33-29-55)60-38-44-74-70(50-60)71-51-61(39-45-75(71)79(74)64-24-14-9-15-25-64)58-36-40-65(41-37-58)78(63-22-12-8-13-23-63)66-42-43-68-67-26-16-17-27-72(67)77(73(68)52-66,62-20-10-7-11-21-62)46-18-19-47-80-76-49-53(3)69(48-54(76)4)59-34-30-56(6-2)31-35-59/h5-17,20-45,48-52H,1-2,18-19,46-47H2,3-4H3. The molecule has 0 fully saturated rings. The van der Waals surface area contributed by atoms with Gasteiger partial charge >= 0.3 is 0 Å². The lowest BCUT2D eigenvalue weighted by Gasteiger charge is -2.34. The van der Waals surface area contributed by atoms with Gasteiger partial charge in [0.15, 0.2) is 0 Å². The number of rotatable bonds is 16. The van der Waals surface area contributed by atoms with E-state index in [-0.39, 0.29) is 5.41 Å². The number of para-hydroxylation sites is 2. The summed E-state index contributed by atoms with van der Waals surface area (Å²) >= 11 is 0. The Morgan fingerprint density at radius 3 is 1.59 bits per heavy atom. The first-order valence-corrected chi connectivity index (χ1v) is 28.0. The zero-order valence-corrected chi connectivity index (χ0v) is 45.4. The van der Waals surface area contributed by atoms with Crippen LogP contribution < -0.4 is 9.64 Å². The third-order valence-electron chi connectivity index (χ3n) is 16.6. The molecule has 0 bridgehead atoms. The molecule has 3 nitrogen and oxygen atoms in total. The Balaban J connectivity index is 0.836. The fourth-order valence-electron chi connectivity index (χ4n) is 12.5. The minimum absolute atomic E-state index is 0.371. The fraction of sp³-hybridized carbons (Fsp3) is 0.0909. The molecule has 1 atom stereocenters. The molecule has 11 aromatic carbocycles. The molecule has 0 saturated carbocycles. The smallest absolute Gasteiger partial charge is 0.122 e. The number of fused-ring (bicyclic) bond motifs is 6. The van der Waals surface area contributed by atoms with Crippen LogP contribution >= 0.6 is 0 Å². The molecule has 0 spiro atoms. The lowest BCUT2D eigenvalue weighted by molar-refractivity contribution is 0.299. The van der Waals surface area contributed by atoms with E-state index in [2.05, 4.69) is 291 Å². The lowest BCUT2D eigenvalue weighted by atomic mass is 9.69. The molecule has 0 radical (unpaired) electrons. The molecule has 1 aromatic heterocycles. The molecular formula is C77H62N2O. The SMILES string of the molecule is C=Cc1ccc(-c2ccc3c(c2)c2cc(-c4ccc(N(c5ccccc5)c5ccc6c(c5)C(CCCCOc5cc(C)c(-c7ccc(C=C)cc7)cc5C)(c5ccccc5)c5ccccc5-6)cc4)ccc2n3-c2ccccc2)cc1. The monoisotopic (exact) mass is 1030 g/mol. The maximum atomic E-state index is 6.63. The predicted molar refractivity (Wildman–Crippen MR) is 339 cm³/mol. The van der Waals surface area contributed by atoms with Gasteiger partial charge in [-0.1, -0.05) is 195 Å². The van der Waals surface area contributed by atoms with Crippen molar-refractivity contribution in [2.24, 2.45) is 0 Å². The Labute approximate surface area is 470 Å². The summed E-state index contributed by atoms with van der Waals surface area (Å²) in [5.41, 5.74) is 24.8. The summed E-state index contributed by atoms with van der Waals surface area (Å²) in [6, 6.07) is 93.6. The zero-order valence-electron chi connectivity index (χ0n) is 45.4. The minimum atomic E-state index is -0.371. The van der Waals surface area contributed by atoms with Gasteiger partial charge < -0.3 is 14.2 Å². The van der Waals surface area contributed by atoms with E-state index < -0.39 is 0 Å². The molecule has 1 aliphatic carbocycles. The van der Waals surface area contributed by atoms with E-state index in [1.807, 2.05) is 12.2 Å². The number of benzene rings is 11. The Morgan fingerprint density at radius 1 is 0.425 bits per heavy atom. The molecule has 3 heteroatoms. The number of hydrogen-bond donors (Lipinski definition) is 0. The summed E-state index contributed by atoms with van der Waals surface area (Å²) in [6.45, 7) is 12.9. The van der Waals surface area contributed by atoms with Gasteiger partial charge in [-0.2, -0.15) is 0 Å². The Hall–Kier alpha value is -9.70. The summed E-state index contributed by atoms with van der Waals surface area (Å²) < 4.78 is 9.02. The van der Waals surface area contributed by atoms with E-state index in [0.717, 1.165) is 70.0 Å². The minimum Gasteiger partial charge on any atom is -0.493 e. The molecule has 1 aliphatic rings. The van der Waals surface area contributed by atoms with Gasteiger partial charge in [0.2, 0.25) is 0 Å². The predicted octanol–water partition coefficient (Wildman–Crippen LogP) is 20.7. The second-order valence-corrected chi connectivity index (χ2v) is 21.3. The van der Waals surface area contributed by atoms with Crippen molar-refractivity contribution in [1.82, 2.24) is 4.57 Å². The average molecular weight is 1030 g/mol. The van der Waals surface area contributed by atoms with Crippen LogP contribution in [-0.4, -0.2) is 11.2 Å². The normalized spacial score (nSPS) is 13.5. The number of anilines is 3. The fourth-order valence-corrected chi connectivity index (χ4v) is 12.5. The average Bonchev–Trinajstić information content (AvgIpc) is 4.11. The van der Waals surface area contributed by atoms with E-state index in [1.54, 1.807) is 0 Å². The van der Waals surface area contributed by atoms with Crippen LogP contribution in [0.4, 0.5) is 17.1 Å². The van der Waals surface area contributed by atoms with E-state index in [0.29, 0.717) is 6.61 Å². The first-order valence-electron chi connectivity index (χ1n) is 28.0. The van der Waals surface area contributed by atoms with Gasteiger partial charge in [-0.3, -0.25) is 0 Å². The molecule has 80 heavy (non-hydrogen) atoms. The molecular weight excluding hydrogens is 969 g/mol. The topological polar surface area (TPSA) is 17.4 Å². The van der Waals surface area contributed by atoms with Gasteiger partial charge in [-0.05, 0) is 201 Å². The summed E-state index contributed by atoms with van der Waals surface area (Å²) in [4.78, 5) is 2.42. The van der Waals surface area contributed by atoms with Crippen LogP contribution in [-0.2, 0) is 5.41 Å². The number of aromatic nitrogens is 1. The number of nitrogens with zero attached hydrogens (tertiary/aromatic N) is 2. The number of unbranched alkanes of at least 4 members (excludes halogenated alkanes) is 1. The van der Waals surface area contributed by atoms with Crippen LogP contribution in [0.3, 0.4) is 0 Å². The largest absolute Gasteiger partial charge is 0.493 e. The molecule has 1 heterocycles. The Morgan fingerprint density at radius 2 is 0.950 bits per heavy atom. The van der Waals surface area contributed by atoms with E-state index >= 15 is 0 Å². The molecule has 386 valence electrons. The van der Waals surface area contributed by atoms with Crippen LogP contribution in [0.5, 0.6) is 5.75 Å². The first kappa shape index (κ1) is 49.8. The van der Waals surface area contributed by atoms with Gasteiger partial charge in [0.05, 0.1) is 17.6 Å². The van der Waals surface area contributed by atoms with Crippen molar-refractivity contribution in [2.45, 2.75) is 38.5 Å². The van der Waals surface area contributed by atoms with Gasteiger partial charge in [-0.15, -0.1) is 0 Å². The third-order valence-corrected chi connectivity index (χ3v) is 16.6. The maximum absolute atomic E-state index is 6.63. The highest BCUT2D eigenvalue weighted by atomic mass is 16.5. The van der Waals surface area contributed by atoms with Crippen LogP contribution in [0.1, 0.15) is 58.2 Å². The van der Waals surface area contributed by atoms with E-state index in [4.69, 9.17) is 4.74 Å². The van der Waals surface area contributed by atoms with Crippen molar-refractivity contribution >= 4 is 51.0 Å².